The zero-order chi connectivity index (χ0) is 19.4. The van der Waals surface area contributed by atoms with E-state index in [-0.39, 0.29) is 11.7 Å². The van der Waals surface area contributed by atoms with Crippen molar-refractivity contribution in [1.29, 1.82) is 0 Å². The molecule has 0 aliphatic carbocycles. The minimum Gasteiger partial charge on any atom is -0.466 e. The third-order valence-corrected chi connectivity index (χ3v) is 4.51. The molecule has 0 saturated heterocycles. The molecule has 2 rings (SSSR count). The number of thiocarbonyl (C=S) groups is 1. The second kappa shape index (κ2) is 8.24. The number of methoxy groups -OCH3 is 2. The number of benzene rings is 1. The first-order chi connectivity index (χ1) is 12.3. The van der Waals surface area contributed by atoms with Crippen molar-refractivity contribution < 1.29 is 19.2 Å². The van der Waals surface area contributed by atoms with Crippen LogP contribution in [0.5, 0.6) is 0 Å². The number of non-ortho nitro benzene ring substituents is 1. The Labute approximate surface area is 156 Å². The van der Waals surface area contributed by atoms with E-state index in [1.54, 1.807) is 31.1 Å². The van der Waals surface area contributed by atoms with Crippen molar-refractivity contribution in [3.8, 4) is 0 Å². The molecule has 0 spiro atoms. The minimum atomic E-state index is -0.638. The Bertz CT molecular complexity index is 765. The molecule has 9 heteroatoms. The molecule has 0 saturated carbocycles. The van der Waals surface area contributed by atoms with Gasteiger partial charge < -0.3 is 19.7 Å². The fourth-order valence-corrected chi connectivity index (χ4v) is 3.48. The monoisotopic (exact) mass is 379 g/mol. The molecular weight excluding hydrogens is 358 g/mol. The van der Waals surface area contributed by atoms with Gasteiger partial charge in [0.15, 0.2) is 5.11 Å². The molecule has 26 heavy (non-hydrogen) atoms. The normalized spacial score (nSPS) is 18.4. The van der Waals surface area contributed by atoms with E-state index < -0.39 is 16.9 Å². The Morgan fingerprint density at radius 1 is 1.46 bits per heavy atom. The summed E-state index contributed by atoms with van der Waals surface area (Å²) >= 11 is 5.47. The van der Waals surface area contributed by atoms with E-state index in [1.807, 2.05) is 6.92 Å². The Hall–Kier alpha value is -2.52. The van der Waals surface area contributed by atoms with Gasteiger partial charge in [0.25, 0.3) is 5.69 Å². The highest BCUT2D eigenvalue weighted by atomic mass is 32.1. The van der Waals surface area contributed by atoms with Crippen molar-refractivity contribution in [2.45, 2.75) is 25.9 Å². The van der Waals surface area contributed by atoms with Crippen LogP contribution in [0.4, 0.5) is 5.69 Å². The topological polar surface area (TPSA) is 93.9 Å². The van der Waals surface area contributed by atoms with E-state index in [4.69, 9.17) is 21.7 Å². The summed E-state index contributed by atoms with van der Waals surface area (Å²) in [6.07, 6.45) is 0. The van der Waals surface area contributed by atoms with Gasteiger partial charge in [0, 0.05) is 24.9 Å². The standard InChI is InChI=1S/C17H21N3O5S/c1-10(9-24-3)19-11(2)14(16(21)25-4)15(18-17(19)26)12-6-5-7-13(8-12)20(22)23/h5-8,10,15H,9H2,1-4H3,(H,18,26)/t10-,15+/m0/s1. The minimum absolute atomic E-state index is 0.0627. The Balaban J connectivity index is 2.56. The zero-order valence-corrected chi connectivity index (χ0v) is 15.8. The molecule has 0 amide bonds. The number of esters is 1. The number of carbonyl (C=O) groups excluding carboxylic acids is 1. The highest BCUT2D eigenvalue weighted by molar-refractivity contribution is 7.80. The molecule has 0 aromatic heterocycles. The summed E-state index contributed by atoms with van der Waals surface area (Å²) in [4.78, 5) is 24.9. The number of hydrogen-bond donors (Lipinski definition) is 1. The number of nitro benzene ring substituents is 1. The molecule has 0 unspecified atom stereocenters. The third-order valence-electron chi connectivity index (χ3n) is 4.19. The van der Waals surface area contributed by atoms with Gasteiger partial charge in [-0.3, -0.25) is 10.1 Å². The average molecular weight is 379 g/mol. The third kappa shape index (κ3) is 3.83. The molecule has 1 aliphatic heterocycles. The number of nitrogens with one attached hydrogen (secondary N) is 1. The first-order valence-electron chi connectivity index (χ1n) is 7.93. The quantitative estimate of drug-likeness (QED) is 0.348. The van der Waals surface area contributed by atoms with Gasteiger partial charge in [0.05, 0.1) is 36.3 Å². The van der Waals surface area contributed by atoms with Crippen molar-refractivity contribution in [3.05, 3.63) is 51.2 Å². The first-order valence-corrected chi connectivity index (χ1v) is 8.34. The molecule has 8 nitrogen and oxygen atoms in total. The van der Waals surface area contributed by atoms with E-state index in [1.165, 1.54) is 19.2 Å². The van der Waals surface area contributed by atoms with Crippen LogP contribution >= 0.6 is 12.2 Å². The predicted molar refractivity (Wildman–Crippen MR) is 99.5 cm³/mol. The molecule has 1 aromatic carbocycles. The molecule has 2 atom stereocenters. The summed E-state index contributed by atoms with van der Waals surface area (Å²) < 4.78 is 10.1. The average Bonchev–Trinajstić information content (AvgIpc) is 2.61. The van der Waals surface area contributed by atoms with Crippen molar-refractivity contribution in [3.63, 3.8) is 0 Å². The number of allylic oxidation sites excluding steroid dienone is 1. The van der Waals surface area contributed by atoms with Crippen LogP contribution < -0.4 is 5.32 Å². The fourth-order valence-electron chi connectivity index (χ4n) is 3.05. The summed E-state index contributed by atoms with van der Waals surface area (Å²) in [6.45, 7) is 4.11. The maximum atomic E-state index is 12.5. The summed E-state index contributed by atoms with van der Waals surface area (Å²) in [6, 6.07) is 5.35. The van der Waals surface area contributed by atoms with Crippen LogP contribution in [0.15, 0.2) is 35.5 Å². The largest absolute Gasteiger partial charge is 0.466 e. The number of carbonyl (C=O) groups is 1. The number of nitrogens with zero attached hydrogens (tertiary/aromatic N) is 2. The Kier molecular flexibility index (Phi) is 6.27. The van der Waals surface area contributed by atoms with Crippen LogP contribution in [0, 0.1) is 10.1 Å². The highest BCUT2D eigenvalue weighted by Gasteiger charge is 2.36. The van der Waals surface area contributed by atoms with Crippen molar-refractivity contribution >= 4 is 29.0 Å². The molecular formula is C17H21N3O5S. The number of nitro groups is 1. The lowest BCUT2D eigenvalue weighted by Gasteiger charge is -2.40. The van der Waals surface area contributed by atoms with Gasteiger partial charge in [-0.15, -0.1) is 0 Å². The molecule has 1 aliphatic rings. The smallest absolute Gasteiger partial charge is 0.337 e. The maximum Gasteiger partial charge on any atom is 0.337 e. The van der Waals surface area contributed by atoms with Gasteiger partial charge in [0.2, 0.25) is 0 Å². The van der Waals surface area contributed by atoms with E-state index in [9.17, 15) is 14.9 Å². The van der Waals surface area contributed by atoms with Gasteiger partial charge in [0.1, 0.15) is 0 Å². The van der Waals surface area contributed by atoms with Crippen molar-refractivity contribution in [2.24, 2.45) is 0 Å². The van der Waals surface area contributed by atoms with Gasteiger partial charge in [-0.2, -0.15) is 0 Å². The van der Waals surface area contributed by atoms with E-state index in [0.717, 1.165) is 0 Å². The lowest BCUT2D eigenvalue weighted by molar-refractivity contribution is -0.384. The number of rotatable bonds is 6. The highest BCUT2D eigenvalue weighted by Crippen LogP contribution is 2.33. The van der Waals surface area contributed by atoms with Gasteiger partial charge in [-0.05, 0) is 31.6 Å². The molecule has 140 valence electrons. The predicted octanol–water partition coefficient (Wildman–Crippen LogP) is 2.31. The fraction of sp³-hybridized carbons (Fsp3) is 0.412. The molecule has 1 heterocycles. The SMILES string of the molecule is COC[C@H](C)N1C(=S)N[C@H](c2cccc([N+](=O)[O-])c2)C(C(=O)OC)=C1C. The van der Waals surface area contributed by atoms with Gasteiger partial charge in [-0.1, -0.05) is 12.1 Å². The van der Waals surface area contributed by atoms with Crippen LogP contribution in [0.2, 0.25) is 0 Å². The number of hydrogen-bond acceptors (Lipinski definition) is 6. The summed E-state index contributed by atoms with van der Waals surface area (Å²) in [5.41, 5.74) is 1.47. The molecule has 0 bridgehead atoms. The summed E-state index contributed by atoms with van der Waals surface area (Å²) in [5, 5.41) is 14.6. The lowest BCUT2D eigenvalue weighted by atomic mass is 9.94. The van der Waals surface area contributed by atoms with Gasteiger partial charge in [-0.25, -0.2) is 4.79 Å². The molecule has 1 N–H and O–H groups in total. The Morgan fingerprint density at radius 3 is 2.73 bits per heavy atom. The molecule has 0 fully saturated rings. The van der Waals surface area contributed by atoms with E-state index >= 15 is 0 Å². The van der Waals surface area contributed by atoms with Crippen LogP contribution in [0.25, 0.3) is 0 Å². The van der Waals surface area contributed by atoms with Crippen LogP contribution in [0.3, 0.4) is 0 Å². The first kappa shape index (κ1) is 19.8. The van der Waals surface area contributed by atoms with Crippen molar-refractivity contribution in [2.75, 3.05) is 20.8 Å². The second-order valence-corrected chi connectivity index (χ2v) is 6.29. The van der Waals surface area contributed by atoms with Crippen LogP contribution in [0.1, 0.15) is 25.5 Å². The lowest BCUT2D eigenvalue weighted by Crippen LogP contribution is -2.52. The Morgan fingerprint density at radius 2 is 2.15 bits per heavy atom. The summed E-state index contributed by atoms with van der Waals surface area (Å²) in [7, 11) is 2.88. The second-order valence-electron chi connectivity index (χ2n) is 5.90. The maximum absolute atomic E-state index is 12.5. The summed E-state index contributed by atoms with van der Waals surface area (Å²) in [5.74, 6) is -0.524. The number of ether oxygens (including phenoxy) is 2. The molecule has 1 aromatic rings. The van der Waals surface area contributed by atoms with Crippen molar-refractivity contribution in [1.82, 2.24) is 10.2 Å². The van der Waals surface area contributed by atoms with Gasteiger partial charge >= 0.3 is 5.97 Å². The zero-order valence-electron chi connectivity index (χ0n) is 15.0. The van der Waals surface area contributed by atoms with Crippen LogP contribution in [-0.4, -0.2) is 47.8 Å². The van der Waals surface area contributed by atoms with Crippen LogP contribution in [-0.2, 0) is 14.3 Å². The van der Waals surface area contributed by atoms with E-state index in [0.29, 0.717) is 28.6 Å². The molecule has 0 radical (unpaired) electrons. The van der Waals surface area contributed by atoms with E-state index in [2.05, 4.69) is 5.32 Å².